The fraction of sp³-hybridized carbons (Fsp3) is 0.682. The van der Waals surface area contributed by atoms with Crippen LogP contribution in [0.5, 0.6) is 5.88 Å². The normalized spacial score (nSPS) is 27.6. The standard InChI is InChI=1S/C22H31N3O3/c1-15(2)19-6-4-16(3)10-20(19)27-14-22(26)25-9-8-18(13-25)28-21-7-5-17(11-23)12-24-21/h5,7,12,15-16,18-20H,4,6,8-10,13-14H2,1-3H3. The second kappa shape index (κ2) is 9.38. The topological polar surface area (TPSA) is 75.4 Å². The average Bonchev–Trinajstić information content (AvgIpc) is 3.15. The van der Waals surface area contributed by atoms with E-state index in [1.54, 1.807) is 12.1 Å². The molecule has 1 aromatic heterocycles. The number of rotatable bonds is 6. The Morgan fingerprint density at radius 3 is 2.86 bits per heavy atom. The zero-order valence-corrected chi connectivity index (χ0v) is 17.1. The summed E-state index contributed by atoms with van der Waals surface area (Å²) < 4.78 is 12.0. The zero-order valence-electron chi connectivity index (χ0n) is 17.1. The molecule has 0 bridgehead atoms. The van der Waals surface area contributed by atoms with Crippen LogP contribution in [0.3, 0.4) is 0 Å². The minimum Gasteiger partial charge on any atom is -0.472 e. The summed E-state index contributed by atoms with van der Waals surface area (Å²) in [5.41, 5.74) is 0.504. The number of hydrogen-bond donors (Lipinski definition) is 0. The van der Waals surface area contributed by atoms with Gasteiger partial charge in [0.15, 0.2) is 0 Å². The number of carbonyl (C=O) groups is 1. The van der Waals surface area contributed by atoms with Crippen LogP contribution in [0.15, 0.2) is 18.3 Å². The second-order valence-corrected chi connectivity index (χ2v) is 8.54. The predicted molar refractivity (Wildman–Crippen MR) is 106 cm³/mol. The number of amides is 1. The molecule has 1 saturated carbocycles. The van der Waals surface area contributed by atoms with Gasteiger partial charge in [0.1, 0.15) is 18.8 Å². The lowest BCUT2D eigenvalue weighted by Gasteiger charge is -2.37. The van der Waals surface area contributed by atoms with Gasteiger partial charge in [-0.3, -0.25) is 4.79 Å². The quantitative estimate of drug-likeness (QED) is 0.750. The molecule has 1 saturated heterocycles. The highest BCUT2D eigenvalue weighted by molar-refractivity contribution is 5.77. The first kappa shape index (κ1) is 20.6. The molecule has 1 aliphatic carbocycles. The summed E-state index contributed by atoms with van der Waals surface area (Å²) in [5, 5.41) is 8.83. The minimum absolute atomic E-state index is 0.0413. The van der Waals surface area contributed by atoms with Crippen LogP contribution in [0.4, 0.5) is 0 Å². The Kier molecular flexibility index (Phi) is 6.90. The van der Waals surface area contributed by atoms with Crippen molar-refractivity contribution in [1.29, 1.82) is 5.26 Å². The van der Waals surface area contributed by atoms with E-state index >= 15 is 0 Å². The van der Waals surface area contributed by atoms with Crippen molar-refractivity contribution >= 4 is 5.91 Å². The van der Waals surface area contributed by atoms with E-state index in [4.69, 9.17) is 14.7 Å². The molecular formula is C22H31N3O3. The number of aromatic nitrogens is 1. The number of nitriles is 1. The number of hydrogen-bond acceptors (Lipinski definition) is 5. The molecular weight excluding hydrogens is 354 g/mol. The molecule has 2 heterocycles. The average molecular weight is 386 g/mol. The van der Waals surface area contributed by atoms with Crippen LogP contribution in [0.1, 0.15) is 52.0 Å². The number of pyridine rings is 1. The molecule has 152 valence electrons. The van der Waals surface area contributed by atoms with Gasteiger partial charge in [0.05, 0.1) is 18.2 Å². The summed E-state index contributed by atoms with van der Waals surface area (Å²) in [7, 11) is 0. The van der Waals surface area contributed by atoms with Gasteiger partial charge in [-0.05, 0) is 36.7 Å². The Morgan fingerprint density at radius 2 is 2.18 bits per heavy atom. The van der Waals surface area contributed by atoms with Gasteiger partial charge in [-0.25, -0.2) is 4.98 Å². The maximum absolute atomic E-state index is 12.6. The molecule has 6 heteroatoms. The van der Waals surface area contributed by atoms with Crippen molar-refractivity contribution in [2.24, 2.45) is 17.8 Å². The third-order valence-electron chi connectivity index (χ3n) is 6.03. The van der Waals surface area contributed by atoms with Gasteiger partial charge in [0.2, 0.25) is 11.8 Å². The Bertz CT molecular complexity index is 698. The van der Waals surface area contributed by atoms with E-state index in [-0.39, 0.29) is 24.7 Å². The number of carbonyl (C=O) groups excluding carboxylic acids is 1. The molecule has 0 aromatic carbocycles. The molecule has 0 N–H and O–H groups in total. The highest BCUT2D eigenvalue weighted by Crippen LogP contribution is 2.35. The zero-order chi connectivity index (χ0) is 20.1. The molecule has 3 rings (SSSR count). The lowest BCUT2D eigenvalue weighted by molar-refractivity contribution is -0.140. The van der Waals surface area contributed by atoms with Gasteiger partial charge in [0, 0.05) is 25.2 Å². The molecule has 28 heavy (non-hydrogen) atoms. The smallest absolute Gasteiger partial charge is 0.248 e. The molecule has 1 aliphatic heterocycles. The number of likely N-dealkylation sites (tertiary alicyclic amines) is 1. The van der Waals surface area contributed by atoms with Crippen molar-refractivity contribution in [2.45, 2.75) is 58.7 Å². The third-order valence-corrected chi connectivity index (χ3v) is 6.03. The van der Waals surface area contributed by atoms with Crippen LogP contribution in [0, 0.1) is 29.1 Å². The van der Waals surface area contributed by atoms with Gasteiger partial charge < -0.3 is 14.4 Å². The Labute approximate surface area is 167 Å². The fourth-order valence-electron chi connectivity index (χ4n) is 4.31. The fourth-order valence-corrected chi connectivity index (χ4v) is 4.31. The lowest BCUT2D eigenvalue weighted by atomic mass is 9.75. The summed E-state index contributed by atoms with van der Waals surface area (Å²) in [6.45, 7) is 8.16. The molecule has 6 nitrogen and oxygen atoms in total. The van der Waals surface area contributed by atoms with Crippen molar-refractivity contribution in [3.05, 3.63) is 23.9 Å². The van der Waals surface area contributed by atoms with Gasteiger partial charge in [-0.1, -0.05) is 27.2 Å². The highest BCUT2D eigenvalue weighted by atomic mass is 16.5. The lowest BCUT2D eigenvalue weighted by Crippen LogP contribution is -2.39. The van der Waals surface area contributed by atoms with Crippen molar-refractivity contribution < 1.29 is 14.3 Å². The molecule has 2 fully saturated rings. The first-order chi connectivity index (χ1) is 13.5. The number of nitrogens with zero attached hydrogens (tertiary/aromatic N) is 3. The van der Waals surface area contributed by atoms with Crippen molar-refractivity contribution in [1.82, 2.24) is 9.88 Å². The van der Waals surface area contributed by atoms with E-state index in [0.717, 1.165) is 12.8 Å². The molecule has 4 unspecified atom stereocenters. The van der Waals surface area contributed by atoms with Crippen LogP contribution < -0.4 is 4.74 Å². The van der Waals surface area contributed by atoms with Crippen LogP contribution in [-0.4, -0.2) is 47.7 Å². The van der Waals surface area contributed by atoms with Crippen LogP contribution in [0.25, 0.3) is 0 Å². The van der Waals surface area contributed by atoms with E-state index in [9.17, 15) is 4.79 Å². The van der Waals surface area contributed by atoms with E-state index in [2.05, 4.69) is 25.8 Å². The summed E-state index contributed by atoms with van der Waals surface area (Å²) in [6, 6.07) is 5.42. The molecule has 0 spiro atoms. The largest absolute Gasteiger partial charge is 0.472 e. The molecule has 0 radical (unpaired) electrons. The number of ether oxygens (including phenoxy) is 2. The second-order valence-electron chi connectivity index (χ2n) is 8.54. The van der Waals surface area contributed by atoms with Gasteiger partial charge in [-0.2, -0.15) is 5.26 Å². The Hall–Kier alpha value is -2.13. The predicted octanol–water partition coefficient (Wildman–Crippen LogP) is 3.41. The maximum Gasteiger partial charge on any atom is 0.248 e. The summed E-state index contributed by atoms with van der Waals surface area (Å²) in [4.78, 5) is 18.6. The van der Waals surface area contributed by atoms with Crippen molar-refractivity contribution in [2.75, 3.05) is 19.7 Å². The van der Waals surface area contributed by atoms with Gasteiger partial charge >= 0.3 is 0 Å². The highest BCUT2D eigenvalue weighted by Gasteiger charge is 2.33. The Morgan fingerprint density at radius 1 is 1.36 bits per heavy atom. The minimum atomic E-state index is -0.0671. The van der Waals surface area contributed by atoms with Crippen molar-refractivity contribution in [3.63, 3.8) is 0 Å². The van der Waals surface area contributed by atoms with Gasteiger partial charge in [-0.15, -0.1) is 0 Å². The monoisotopic (exact) mass is 385 g/mol. The van der Waals surface area contributed by atoms with E-state index in [0.29, 0.717) is 42.3 Å². The molecule has 4 atom stereocenters. The maximum atomic E-state index is 12.6. The van der Waals surface area contributed by atoms with E-state index < -0.39 is 0 Å². The van der Waals surface area contributed by atoms with Crippen LogP contribution in [0.2, 0.25) is 0 Å². The molecule has 1 aromatic rings. The molecule has 2 aliphatic rings. The summed E-state index contributed by atoms with van der Waals surface area (Å²) >= 11 is 0. The summed E-state index contributed by atoms with van der Waals surface area (Å²) in [5.74, 6) is 2.32. The third kappa shape index (κ3) is 5.23. The van der Waals surface area contributed by atoms with Crippen LogP contribution in [-0.2, 0) is 9.53 Å². The van der Waals surface area contributed by atoms with E-state index in [1.165, 1.54) is 19.0 Å². The molecule has 1 amide bonds. The van der Waals surface area contributed by atoms with Crippen molar-refractivity contribution in [3.8, 4) is 11.9 Å². The first-order valence-corrected chi connectivity index (χ1v) is 10.4. The van der Waals surface area contributed by atoms with Gasteiger partial charge in [0.25, 0.3) is 0 Å². The SMILES string of the molecule is CC1CCC(C(C)C)C(OCC(=O)N2CCC(Oc3ccc(C#N)cn3)C2)C1. The van der Waals surface area contributed by atoms with Crippen LogP contribution >= 0.6 is 0 Å². The van der Waals surface area contributed by atoms with E-state index in [1.807, 2.05) is 11.0 Å². The Balaban J connectivity index is 1.46. The first-order valence-electron chi connectivity index (χ1n) is 10.4. The summed E-state index contributed by atoms with van der Waals surface area (Å²) in [6.07, 6.45) is 5.89.